The van der Waals surface area contributed by atoms with Crippen LogP contribution in [-0.2, 0) is 4.79 Å². The molecule has 29 heavy (non-hydrogen) atoms. The maximum Gasteiger partial charge on any atom is 0.242 e. The summed E-state index contributed by atoms with van der Waals surface area (Å²) in [5.41, 5.74) is 2.99. The molecule has 2 atom stereocenters. The van der Waals surface area contributed by atoms with Crippen LogP contribution in [0.15, 0.2) is 54.9 Å². The van der Waals surface area contributed by atoms with E-state index in [9.17, 15) is 4.79 Å². The van der Waals surface area contributed by atoms with Crippen molar-refractivity contribution in [3.8, 4) is 5.75 Å². The van der Waals surface area contributed by atoms with Gasteiger partial charge in [0.2, 0.25) is 5.91 Å². The average molecular weight is 395 g/mol. The van der Waals surface area contributed by atoms with Crippen molar-refractivity contribution < 1.29 is 9.53 Å². The van der Waals surface area contributed by atoms with Crippen LogP contribution in [0, 0.1) is 0 Å². The van der Waals surface area contributed by atoms with Gasteiger partial charge in [-0.1, -0.05) is 38.1 Å². The lowest BCUT2D eigenvalue weighted by Gasteiger charge is -2.31. The number of amides is 1. The van der Waals surface area contributed by atoms with E-state index >= 15 is 0 Å². The van der Waals surface area contributed by atoms with Gasteiger partial charge in [0.25, 0.3) is 0 Å². The second kappa shape index (κ2) is 9.56. The third-order valence-corrected chi connectivity index (χ3v) is 5.48. The Balaban J connectivity index is 1.76. The standard InChI is InChI=1S/C23H30N4O2/c1-5-26(6-2)22(18-10-9-11-19(14-18)29-4)15-24-23(28)17(3)27-16-25-20-12-7-8-13-21(20)27/h7-14,16-17,22H,5-6,15H2,1-4H3,(H,24,28). The molecular formula is C23H30N4O2. The quantitative estimate of drug-likeness (QED) is 0.600. The zero-order valence-corrected chi connectivity index (χ0v) is 17.6. The van der Waals surface area contributed by atoms with Crippen molar-refractivity contribution in [2.24, 2.45) is 0 Å². The van der Waals surface area contributed by atoms with E-state index in [2.05, 4.69) is 35.1 Å². The van der Waals surface area contributed by atoms with Gasteiger partial charge in [-0.2, -0.15) is 0 Å². The fraction of sp³-hybridized carbons (Fsp3) is 0.391. The second-order valence-electron chi connectivity index (χ2n) is 7.08. The van der Waals surface area contributed by atoms with Crippen molar-refractivity contribution in [3.05, 3.63) is 60.4 Å². The molecule has 0 aliphatic carbocycles. The molecule has 6 nitrogen and oxygen atoms in total. The molecule has 0 fully saturated rings. The number of nitrogens with zero attached hydrogens (tertiary/aromatic N) is 3. The fourth-order valence-electron chi connectivity index (χ4n) is 3.73. The van der Waals surface area contributed by atoms with Crippen molar-refractivity contribution in [1.82, 2.24) is 19.8 Å². The van der Waals surface area contributed by atoms with Gasteiger partial charge in [-0.15, -0.1) is 0 Å². The lowest BCUT2D eigenvalue weighted by molar-refractivity contribution is -0.124. The summed E-state index contributed by atoms with van der Waals surface area (Å²) in [7, 11) is 1.67. The van der Waals surface area contributed by atoms with Gasteiger partial charge in [-0.3, -0.25) is 9.69 Å². The van der Waals surface area contributed by atoms with Crippen LogP contribution in [0.3, 0.4) is 0 Å². The minimum Gasteiger partial charge on any atom is -0.497 e. The summed E-state index contributed by atoms with van der Waals surface area (Å²) in [6.07, 6.45) is 1.73. The predicted molar refractivity (Wildman–Crippen MR) is 116 cm³/mol. The van der Waals surface area contributed by atoms with Crippen molar-refractivity contribution >= 4 is 16.9 Å². The number of hydrogen-bond acceptors (Lipinski definition) is 4. The molecule has 154 valence electrons. The highest BCUT2D eigenvalue weighted by molar-refractivity contribution is 5.83. The normalized spacial score (nSPS) is 13.4. The minimum absolute atomic E-state index is 0.0202. The largest absolute Gasteiger partial charge is 0.497 e. The maximum absolute atomic E-state index is 12.9. The lowest BCUT2D eigenvalue weighted by Crippen LogP contribution is -2.40. The second-order valence-corrected chi connectivity index (χ2v) is 7.08. The first-order valence-corrected chi connectivity index (χ1v) is 10.2. The summed E-state index contributed by atoms with van der Waals surface area (Å²) in [4.78, 5) is 19.7. The maximum atomic E-state index is 12.9. The Labute approximate surface area is 172 Å². The number of likely N-dealkylation sites (N-methyl/N-ethyl adjacent to an activating group) is 1. The highest BCUT2D eigenvalue weighted by atomic mass is 16.5. The van der Waals surface area contributed by atoms with Crippen molar-refractivity contribution in [2.75, 3.05) is 26.7 Å². The number of carbonyl (C=O) groups excluding carboxylic acids is 1. The van der Waals surface area contributed by atoms with Crippen molar-refractivity contribution in [2.45, 2.75) is 32.9 Å². The number of ether oxygens (including phenoxy) is 1. The van der Waals surface area contributed by atoms with Crippen LogP contribution in [0.4, 0.5) is 0 Å². The number of carbonyl (C=O) groups is 1. The van der Waals surface area contributed by atoms with Gasteiger partial charge in [0.05, 0.1) is 30.5 Å². The summed E-state index contributed by atoms with van der Waals surface area (Å²) in [5.74, 6) is 0.803. The van der Waals surface area contributed by atoms with E-state index in [1.165, 1.54) is 0 Å². The number of para-hydroxylation sites is 2. The summed E-state index contributed by atoms with van der Waals surface area (Å²) in [6.45, 7) is 8.51. The highest BCUT2D eigenvalue weighted by Crippen LogP contribution is 2.24. The molecule has 3 rings (SSSR count). The van der Waals surface area contributed by atoms with E-state index in [0.717, 1.165) is 35.4 Å². The Morgan fingerprint density at radius 1 is 1.17 bits per heavy atom. The molecule has 0 saturated heterocycles. The first kappa shape index (κ1) is 20.9. The van der Waals surface area contributed by atoms with Gasteiger partial charge in [-0.05, 0) is 49.8 Å². The van der Waals surface area contributed by atoms with Crippen LogP contribution in [0.25, 0.3) is 11.0 Å². The van der Waals surface area contributed by atoms with E-state index < -0.39 is 0 Å². The van der Waals surface area contributed by atoms with Gasteiger partial charge in [0.1, 0.15) is 11.8 Å². The molecule has 2 aromatic carbocycles. The van der Waals surface area contributed by atoms with Gasteiger partial charge in [0.15, 0.2) is 0 Å². The van der Waals surface area contributed by atoms with E-state index in [4.69, 9.17) is 4.74 Å². The predicted octanol–water partition coefficient (Wildman–Crippen LogP) is 3.81. The summed E-state index contributed by atoms with van der Waals surface area (Å²) < 4.78 is 7.31. The van der Waals surface area contributed by atoms with Crippen LogP contribution in [0.2, 0.25) is 0 Å². The fourth-order valence-corrected chi connectivity index (χ4v) is 3.73. The van der Waals surface area contributed by atoms with Crippen LogP contribution in [0.5, 0.6) is 5.75 Å². The highest BCUT2D eigenvalue weighted by Gasteiger charge is 2.22. The number of imidazole rings is 1. The first-order valence-electron chi connectivity index (χ1n) is 10.2. The zero-order chi connectivity index (χ0) is 20.8. The Bertz CT molecular complexity index is 949. The Kier molecular flexibility index (Phi) is 6.88. The van der Waals surface area contributed by atoms with Crippen LogP contribution < -0.4 is 10.1 Å². The molecular weight excluding hydrogens is 364 g/mol. The number of hydrogen-bond donors (Lipinski definition) is 1. The number of fused-ring (bicyclic) bond motifs is 1. The third-order valence-electron chi connectivity index (χ3n) is 5.48. The van der Waals surface area contributed by atoms with Crippen molar-refractivity contribution in [3.63, 3.8) is 0 Å². The molecule has 0 spiro atoms. The van der Waals surface area contributed by atoms with Gasteiger partial charge < -0.3 is 14.6 Å². The smallest absolute Gasteiger partial charge is 0.242 e. The van der Waals surface area contributed by atoms with E-state index in [1.54, 1.807) is 13.4 Å². The molecule has 1 N–H and O–H groups in total. The molecule has 0 saturated carbocycles. The number of benzene rings is 2. The van der Waals surface area contributed by atoms with E-state index in [0.29, 0.717) is 6.54 Å². The number of aromatic nitrogens is 2. The average Bonchev–Trinajstić information content (AvgIpc) is 3.20. The topological polar surface area (TPSA) is 59.4 Å². The first-order chi connectivity index (χ1) is 14.1. The van der Waals surface area contributed by atoms with E-state index in [1.807, 2.05) is 54.0 Å². The molecule has 0 bridgehead atoms. The summed E-state index contributed by atoms with van der Waals surface area (Å²) in [5, 5.41) is 3.15. The van der Waals surface area contributed by atoms with Gasteiger partial charge >= 0.3 is 0 Å². The number of methoxy groups -OCH3 is 1. The zero-order valence-electron chi connectivity index (χ0n) is 17.6. The molecule has 6 heteroatoms. The molecule has 2 unspecified atom stereocenters. The molecule has 1 aromatic heterocycles. The Morgan fingerprint density at radius 3 is 2.66 bits per heavy atom. The number of nitrogens with one attached hydrogen (secondary N) is 1. The van der Waals surface area contributed by atoms with Gasteiger partial charge in [0, 0.05) is 6.54 Å². The summed E-state index contributed by atoms with van der Waals surface area (Å²) in [6, 6.07) is 15.7. The monoisotopic (exact) mass is 394 g/mol. The minimum atomic E-state index is -0.343. The Morgan fingerprint density at radius 2 is 1.93 bits per heavy atom. The Hall–Kier alpha value is -2.86. The van der Waals surface area contributed by atoms with Crippen LogP contribution in [0.1, 0.15) is 38.4 Å². The molecule has 1 heterocycles. The van der Waals surface area contributed by atoms with E-state index in [-0.39, 0.29) is 18.0 Å². The van der Waals surface area contributed by atoms with Crippen LogP contribution >= 0.6 is 0 Å². The van der Waals surface area contributed by atoms with Crippen molar-refractivity contribution in [1.29, 1.82) is 0 Å². The molecule has 0 aliphatic rings. The summed E-state index contributed by atoms with van der Waals surface area (Å²) >= 11 is 0. The van der Waals surface area contributed by atoms with Gasteiger partial charge in [-0.25, -0.2) is 4.98 Å². The third kappa shape index (κ3) is 4.59. The number of rotatable bonds is 9. The molecule has 3 aromatic rings. The van der Waals surface area contributed by atoms with Crippen LogP contribution in [-0.4, -0.2) is 47.1 Å². The molecule has 0 aliphatic heterocycles. The lowest BCUT2D eigenvalue weighted by atomic mass is 10.0. The molecule has 1 amide bonds. The molecule has 0 radical (unpaired) electrons. The SMILES string of the molecule is CCN(CC)C(CNC(=O)C(C)n1cnc2ccccc21)c1cccc(OC)c1.